The maximum atomic E-state index is 12.9. The van der Waals surface area contributed by atoms with Gasteiger partial charge in [0, 0.05) is 0 Å². The van der Waals surface area contributed by atoms with Crippen molar-refractivity contribution in [3.8, 4) is 0 Å². The van der Waals surface area contributed by atoms with Crippen LogP contribution in [-0.4, -0.2) is 5.16 Å². The molecule has 0 fully saturated rings. The van der Waals surface area contributed by atoms with E-state index in [4.69, 9.17) is 4.52 Å². The molecular weight excluding hydrogens is 145 g/mol. The standard InChI is InChI=1S/C8H6FNO/c1-5-2-3-7(9)6-4-10-11-8(5)6/h2-4H,1H3. The van der Waals surface area contributed by atoms with Gasteiger partial charge >= 0.3 is 0 Å². The lowest BCUT2D eigenvalue weighted by molar-refractivity contribution is 0.455. The van der Waals surface area contributed by atoms with Gasteiger partial charge in [-0.3, -0.25) is 0 Å². The van der Waals surface area contributed by atoms with E-state index < -0.39 is 0 Å². The third kappa shape index (κ3) is 0.808. The Morgan fingerprint density at radius 1 is 1.45 bits per heavy atom. The van der Waals surface area contributed by atoms with Gasteiger partial charge < -0.3 is 4.52 Å². The second kappa shape index (κ2) is 2.05. The van der Waals surface area contributed by atoms with E-state index in [9.17, 15) is 4.39 Å². The lowest BCUT2D eigenvalue weighted by Gasteiger charge is -1.92. The number of rotatable bonds is 0. The summed E-state index contributed by atoms with van der Waals surface area (Å²) in [6, 6.07) is 3.08. The molecule has 0 saturated heterocycles. The van der Waals surface area contributed by atoms with Crippen LogP contribution in [0.15, 0.2) is 22.9 Å². The zero-order chi connectivity index (χ0) is 7.84. The van der Waals surface area contributed by atoms with Crippen LogP contribution >= 0.6 is 0 Å². The van der Waals surface area contributed by atoms with E-state index in [-0.39, 0.29) is 5.82 Å². The highest BCUT2D eigenvalue weighted by molar-refractivity contribution is 5.79. The van der Waals surface area contributed by atoms with E-state index in [1.165, 1.54) is 12.3 Å². The molecule has 0 saturated carbocycles. The smallest absolute Gasteiger partial charge is 0.172 e. The Hall–Kier alpha value is -1.38. The molecule has 0 bridgehead atoms. The Bertz CT molecular complexity index is 358. The van der Waals surface area contributed by atoms with Gasteiger partial charge in [0.15, 0.2) is 5.58 Å². The molecule has 3 heteroatoms. The van der Waals surface area contributed by atoms with Crippen LogP contribution in [0.2, 0.25) is 0 Å². The molecular formula is C8H6FNO. The van der Waals surface area contributed by atoms with Crippen LogP contribution in [0.4, 0.5) is 4.39 Å². The first-order valence-corrected chi connectivity index (χ1v) is 3.28. The molecule has 1 heterocycles. The lowest BCUT2D eigenvalue weighted by Crippen LogP contribution is -1.77. The van der Waals surface area contributed by atoms with Crippen LogP contribution in [0.1, 0.15) is 5.56 Å². The van der Waals surface area contributed by atoms with Crippen LogP contribution in [0.25, 0.3) is 11.0 Å². The SMILES string of the molecule is Cc1ccc(F)c2cnoc12. The summed E-state index contributed by atoms with van der Waals surface area (Å²) in [5.74, 6) is -0.285. The van der Waals surface area contributed by atoms with Crippen molar-refractivity contribution in [3.63, 3.8) is 0 Å². The van der Waals surface area contributed by atoms with Gasteiger partial charge in [0.1, 0.15) is 5.82 Å². The summed E-state index contributed by atoms with van der Waals surface area (Å²) in [7, 11) is 0. The molecule has 0 amide bonds. The summed E-state index contributed by atoms with van der Waals surface area (Å²) in [5, 5.41) is 3.96. The van der Waals surface area contributed by atoms with Crippen LogP contribution in [-0.2, 0) is 0 Å². The lowest BCUT2D eigenvalue weighted by atomic mass is 10.2. The zero-order valence-electron chi connectivity index (χ0n) is 5.97. The Kier molecular flexibility index (Phi) is 1.18. The number of nitrogens with zero attached hydrogens (tertiary/aromatic N) is 1. The number of aromatic nitrogens is 1. The predicted octanol–water partition coefficient (Wildman–Crippen LogP) is 2.28. The van der Waals surface area contributed by atoms with Gasteiger partial charge in [-0.25, -0.2) is 4.39 Å². The summed E-state index contributed by atoms with van der Waals surface area (Å²) in [4.78, 5) is 0. The zero-order valence-corrected chi connectivity index (χ0v) is 5.97. The number of hydrogen-bond acceptors (Lipinski definition) is 2. The molecule has 0 aliphatic heterocycles. The van der Waals surface area contributed by atoms with E-state index in [1.54, 1.807) is 6.07 Å². The molecule has 2 aromatic rings. The number of hydrogen-bond donors (Lipinski definition) is 0. The summed E-state index contributed by atoms with van der Waals surface area (Å²) < 4.78 is 17.7. The van der Waals surface area contributed by atoms with Gasteiger partial charge in [0.2, 0.25) is 0 Å². The molecule has 1 aromatic heterocycles. The maximum Gasteiger partial charge on any atom is 0.172 e. The van der Waals surface area contributed by atoms with Crippen molar-refractivity contribution < 1.29 is 8.91 Å². The van der Waals surface area contributed by atoms with Gasteiger partial charge in [-0.05, 0) is 18.6 Å². The summed E-state index contributed by atoms with van der Waals surface area (Å²) in [5.41, 5.74) is 1.43. The van der Waals surface area contributed by atoms with E-state index in [1.807, 2.05) is 6.92 Å². The van der Waals surface area contributed by atoms with Crippen molar-refractivity contribution >= 4 is 11.0 Å². The first kappa shape index (κ1) is 6.34. The average molecular weight is 151 g/mol. The number of fused-ring (bicyclic) bond motifs is 1. The van der Waals surface area contributed by atoms with Crippen molar-refractivity contribution in [1.82, 2.24) is 5.16 Å². The normalized spacial score (nSPS) is 10.7. The number of benzene rings is 1. The maximum absolute atomic E-state index is 12.9. The third-order valence-corrected chi connectivity index (χ3v) is 1.67. The molecule has 2 rings (SSSR count). The highest BCUT2D eigenvalue weighted by Crippen LogP contribution is 2.20. The molecule has 0 N–H and O–H groups in total. The summed E-state index contributed by atoms with van der Waals surface area (Å²) in [6.45, 7) is 1.85. The molecule has 2 nitrogen and oxygen atoms in total. The van der Waals surface area contributed by atoms with E-state index >= 15 is 0 Å². The number of halogens is 1. The Balaban J connectivity index is 2.96. The topological polar surface area (TPSA) is 26.0 Å². The van der Waals surface area contributed by atoms with Crippen molar-refractivity contribution in [2.75, 3.05) is 0 Å². The van der Waals surface area contributed by atoms with Crippen molar-refractivity contribution in [2.45, 2.75) is 6.92 Å². The first-order chi connectivity index (χ1) is 5.29. The molecule has 0 atom stereocenters. The fraction of sp³-hybridized carbons (Fsp3) is 0.125. The molecule has 56 valence electrons. The van der Waals surface area contributed by atoms with E-state index in [2.05, 4.69) is 5.16 Å². The Labute approximate surface area is 62.6 Å². The van der Waals surface area contributed by atoms with Gasteiger partial charge in [0.05, 0.1) is 11.6 Å². The van der Waals surface area contributed by atoms with Gasteiger partial charge in [0.25, 0.3) is 0 Å². The van der Waals surface area contributed by atoms with Crippen LogP contribution in [0, 0.1) is 12.7 Å². The second-order valence-corrected chi connectivity index (χ2v) is 2.43. The second-order valence-electron chi connectivity index (χ2n) is 2.43. The predicted molar refractivity (Wildman–Crippen MR) is 38.7 cm³/mol. The molecule has 11 heavy (non-hydrogen) atoms. The van der Waals surface area contributed by atoms with Gasteiger partial charge in [-0.1, -0.05) is 11.2 Å². The molecule has 0 aliphatic carbocycles. The number of aryl methyl sites for hydroxylation is 1. The third-order valence-electron chi connectivity index (χ3n) is 1.67. The summed E-state index contributed by atoms with van der Waals surface area (Å²) in [6.07, 6.45) is 1.39. The highest BCUT2D eigenvalue weighted by atomic mass is 19.1. The van der Waals surface area contributed by atoms with Crippen LogP contribution in [0.5, 0.6) is 0 Å². The minimum Gasteiger partial charge on any atom is -0.356 e. The molecule has 1 aromatic carbocycles. The summed E-state index contributed by atoms with van der Waals surface area (Å²) >= 11 is 0. The van der Waals surface area contributed by atoms with Gasteiger partial charge in [-0.2, -0.15) is 0 Å². The monoisotopic (exact) mass is 151 g/mol. The Morgan fingerprint density at radius 3 is 3.00 bits per heavy atom. The van der Waals surface area contributed by atoms with Crippen molar-refractivity contribution in [3.05, 3.63) is 29.7 Å². The largest absolute Gasteiger partial charge is 0.356 e. The van der Waals surface area contributed by atoms with E-state index in [0.717, 1.165) is 5.56 Å². The van der Waals surface area contributed by atoms with Crippen LogP contribution in [0.3, 0.4) is 0 Å². The quantitative estimate of drug-likeness (QED) is 0.577. The fourth-order valence-corrected chi connectivity index (χ4v) is 1.06. The van der Waals surface area contributed by atoms with Crippen LogP contribution < -0.4 is 0 Å². The van der Waals surface area contributed by atoms with Crippen molar-refractivity contribution in [2.24, 2.45) is 0 Å². The van der Waals surface area contributed by atoms with Gasteiger partial charge in [-0.15, -0.1) is 0 Å². The first-order valence-electron chi connectivity index (χ1n) is 3.28. The Morgan fingerprint density at radius 2 is 2.27 bits per heavy atom. The minimum absolute atomic E-state index is 0.285. The van der Waals surface area contributed by atoms with Crippen molar-refractivity contribution in [1.29, 1.82) is 0 Å². The molecule has 0 radical (unpaired) electrons. The molecule has 0 unspecified atom stereocenters. The molecule has 0 spiro atoms. The molecule has 0 aliphatic rings. The van der Waals surface area contributed by atoms with E-state index in [0.29, 0.717) is 11.0 Å². The highest BCUT2D eigenvalue weighted by Gasteiger charge is 2.05. The minimum atomic E-state index is -0.285. The fourth-order valence-electron chi connectivity index (χ4n) is 1.06. The average Bonchev–Trinajstić information content (AvgIpc) is 2.45.